The maximum absolute atomic E-state index is 12.9. The van der Waals surface area contributed by atoms with Crippen LogP contribution in [-0.2, 0) is 10.0 Å². The summed E-state index contributed by atoms with van der Waals surface area (Å²) in [7, 11) is -3.56. The van der Waals surface area contributed by atoms with Gasteiger partial charge in [0.05, 0.1) is 11.4 Å². The van der Waals surface area contributed by atoms with E-state index in [2.05, 4.69) is 28.2 Å². The molecule has 2 aromatic carbocycles. The summed E-state index contributed by atoms with van der Waals surface area (Å²) in [5.74, 6) is 0.391. The van der Waals surface area contributed by atoms with Gasteiger partial charge in [-0.15, -0.1) is 0 Å². The maximum atomic E-state index is 12.9. The summed E-state index contributed by atoms with van der Waals surface area (Å²) in [6.45, 7) is 3.30. The van der Waals surface area contributed by atoms with Crippen molar-refractivity contribution in [3.8, 4) is 0 Å². The molecule has 0 atom stereocenters. The normalized spacial score (nSPS) is 16.2. The predicted molar refractivity (Wildman–Crippen MR) is 111 cm³/mol. The molecule has 0 aromatic heterocycles. The van der Waals surface area contributed by atoms with Gasteiger partial charge in [0.2, 0.25) is 10.0 Å². The number of hydrogen-bond donors (Lipinski definition) is 1. The highest BCUT2D eigenvalue weighted by Crippen LogP contribution is 2.24. The van der Waals surface area contributed by atoms with Crippen LogP contribution in [0.1, 0.15) is 30.1 Å². The van der Waals surface area contributed by atoms with Crippen molar-refractivity contribution in [1.29, 1.82) is 0 Å². The lowest BCUT2D eigenvalue weighted by molar-refractivity contribution is 0.101. The van der Waals surface area contributed by atoms with Gasteiger partial charge >= 0.3 is 0 Å². The number of carbonyl (C=O) groups is 1. The van der Waals surface area contributed by atoms with Crippen LogP contribution in [0.25, 0.3) is 0 Å². The molecular formula is C20H23BrN2O3S. The number of anilines is 1. The standard InChI is InChI=1S/C20H23BrN2O3S/c1-15-9-11-23(12-10-15)27(25,26)17-6-4-5-16(13-17)20(24)14-22-19-8-3-2-7-18(19)21/h2-8,13,15,22H,9-12,14H2,1H3. The molecule has 7 heteroatoms. The first-order valence-electron chi connectivity index (χ1n) is 9.00. The second-order valence-corrected chi connectivity index (χ2v) is 9.66. The first-order valence-corrected chi connectivity index (χ1v) is 11.2. The molecule has 0 spiro atoms. The second-order valence-electron chi connectivity index (χ2n) is 6.87. The molecule has 0 aliphatic carbocycles. The van der Waals surface area contributed by atoms with Crippen LogP contribution in [0.4, 0.5) is 5.69 Å². The fourth-order valence-electron chi connectivity index (χ4n) is 3.09. The number of rotatable bonds is 6. The summed E-state index contributed by atoms with van der Waals surface area (Å²) in [5.41, 5.74) is 1.21. The van der Waals surface area contributed by atoms with Gasteiger partial charge in [0.15, 0.2) is 5.78 Å². The van der Waals surface area contributed by atoms with Crippen molar-refractivity contribution in [2.75, 3.05) is 25.0 Å². The van der Waals surface area contributed by atoms with Crippen LogP contribution in [0.15, 0.2) is 57.9 Å². The number of nitrogens with zero attached hydrogens (tertiary/aromatic N) is 1. The number of ketones is 1. The first kappa shape index (κ1) is 20.0. The van der Waals surface area contributed by atoms with Crippen molar-refractivity contribution in [3.63, 3.8) is 0 Å². The highest BCUT2D eigenvalue weighted by Gasteiger charge is 2.28. The second kappa shape index (κ2) is 8.54. The van der Waals surface area contributed by atoms with Crippen molar-refractivity contribution >= 4 is 37.4 Å². The molecule has 27 heavy (non-hydrogen) atoms. The average Bonchev–Trinajstić information content (AvgIpc) is 2.67. The first-order chi connectivity index (χ1) is 12.9. The van der Waals surface area contributed by atoms with Crippen LogP contribution >= 0.6 is 15.9 Å². The van der Waals surface area contributed by atoms with Gasteiger partial charge in [0.1, 0.15) is 0 Å². The minimum Gasteiger partial charge on any atom is -0.377 e. The number of benzene rings is 2. The Bertz CT molecular complexity index is 922. The molecule has 5 nitrogen and oxygen atoms in total. The SMILES string of the molecule is CC1CCN(S(=O)(=O)c2cccc(C(=O)CNc3ccccc3Br)c2)CC1. The molecule has 1 aliphatic heterocycles. The van der Waals surface area contributed by atoms with Crippen LogP contribution in [0.5, 0.6) is 0 Å². The molecule has 0 amide bonds. The third kappa shape index (κ3) is 4.78. The lowest BCUT2D eigenvalue weighted by atomic mass is 10.0. The Morgan fingerprint density at radius 2 is 1.85 bits per heavy atom. The summed E-state index contributed by atoms with van der Waals surface area (Å²) >= 11 is 3.43. The zero-order valence-corrected chi connectivity index (χ0v) is 17.6. The molecule has 0 radical (unpaired) electrons. The molecule has 1 fully saturated rings. The highest BCUT2D eigenvalue weighted by molar-refractivity contribution is 9.10. The molecule has 144 valence electrons. The van der Waals surface area contributed by atoms with E-state index in [1.54, 1.807) is 18.2 Å². The van der Waals surface area contributed by atoms with E-state index in [9.17, 15) is 13.2 Å². The molecule has 2 aromatic rings. The number of nitrogens with one attached hydrogen (secondary N) is 1. The molecule has 3 rings (SSSR count). The van der Waals surface area contributed by atoms with Crippen molar-refractivity contribution < 1.29 is 13.2 Å². The molecule has 1 saturated heterocycles. The topological polar surface area (TPSA) is 66.5 Å². The van der Waals surface area contributed by atoms with Gasteiger partial charge in [-0.1, -0.05) is 31.2 Å². The Balaban J connectivity index is 1.73. The summed E-state index contributed by atoms with van der Waals surface area (Å²) in [6.07, 6.45) is 1.74. The van der Waals surface area contributed by atoms with Crippen molar-refractivity contribution in [3.05, 3.63) is 58.6 Å². The number of Topliss-reactive ketones (excluding diaryl/α,β-unsaturated/α-hetero) is 1. The number of hydrogen-bond acceptors (Lipinski definition) is 4. The van der Waals surface area contributed by atoms with E-state index in [1.165, 1.54) is 10.4 Å². The van der Waals surface area contributed by atoms with Crippen LogP contribution in [0, 0.1) is 5.92 Å². The van der Waals surface area contributed by atoms with Crippen LogP contribution in [0.3, 0.4) is 0 Å². The molecular weight excluding hydrogens is 428 g/mol. The minimum absolute atomic E-state index is 0.0906. The largest absolute Gasteiger partial charge is 0.377 e. The number of carbonyl (C=O) groups excluding carboxylic acids is 1. The van der Waals surface area contributed by atoms with E-state index in [0.29, 0.717) is 24.6 Å². The van der Waals surface area contributed by atoms with Gasteiger partial charge in [0.25, 0.3) is 0 Å². The van der Waals surface area contributed by atoms with Crippen molar-refractivity contribution in [2.24, 2.45) is 5.92 Å². The fourth-order valence-corrected chi connectivity index (χ4v) is 5.03. The molecule has 1 heterocycles. The number of sulfonamides is 1. The summed E-state index contributed by atoms with van der Waals surface area (Å²) in [6, 6.07) is 13.9. The fraction of sp³-hybridized carbons (Fsp3) is 0.350. The third-order valence-corrected chi connectivity index (χ3v) is 7.44. The Morgan fingerprint density at radius 1 is 1.15 bits per heavy atom. The summed E-state index contributed by atoms with van der Waals surface area (Å²) < 4.78 is 28.2. The van der Waals surface area contributed by atoms with E-state index >= 15 is 0 Å². The zero-order valence-electron chi connectivity index (χ0n) is 15.2. The van der Waals surface area contributed by atoms with E-state index in [0.717, 1.165) is 23.0 Å². The van der Waals surface area contributed by atoms with Crippen LogP contribution < -0.4 is 5.32 Å². The number of halogens is 1. The lowest BCUT2D eigenvalue weighted by Crippen LogP contribution is -2.37. The molecule has 1 aliphatic rings. The smallest absolute Gasteiger partial charge is 0.243 e. The van der Waals surface area contributed by atoms with Gasteiger partial charge < -0.3 is 5.32 Å². The van der Waals surface area contributed by atoms with Crippen molar-refractivity contribution in [1.82, 2.24) is 4.31 Å². The van der Waals surface area contributed by atoms with Crippen LogP contribution in [0.2, 0.25) is 0 Å². The van der Waals surface area contributed by atoms with Gasteiger partial charge in [-0.05, 0) is 59.0 Å². The summed E-state index contributed by atoms with van der Waals surface area (Å²) in [5, 5.41) is 3.08. The highest BCUT2D eigenvalue weighted by atomic mass is 79.9. The predicted octanol–water partition coefficient (Wildman–Crippen LogP) is 4.16. The third-order valence-electron chi connectivity index (χ3n) is 4.85. The molecule has 0 saturated carbocycles. The van der Waals surface area contributed by atoms with Gasteiger partial charge in [-0.3, -0.25) is 4.79 Å². The quantitative estimate of drug-likeness (QED) is 0.670. The Labute approximate surface area is 169 Å². The Hall–Kier alpha value is -1.70. The number of para-hydroxylation sites is 1. The van der Waals surface area contributed by atoms with Crippen LogP contribution in [-0.4, -0.2) is 38.1 Å². The molecule has 0 unspecified atom stereocenters. The van der Waals surface area contributed by atoms with E-state index in [1.807, 2.05) is 24.3 Å². The Kier molecular flexibility index (Phi) is 6.34. The maximum Gasteiger partial charge on any atom is 0.243 e. The van der Waals surface area contributed by atoms with E-state index < -0.39 is 10.0 Å². The van der Waals surface area contributed by atoms with E-state index in [-0.39, 0.29) is 17.2 Å². The lowest BCUT2D eigenvalue weighted by Gasteiger charge is -2.29. The molecule has 0 bridgehead atoms. The monoisotopic (exact) mass is 450 g/mol. The van der Waals surface area contributed by atoms with Crippen molar-refractivity contribution in [2.45, 2.75) is 24.7 Å². The Morgan fingerprint density at radius 3 is 2.56 bits per heavy atom. The average molecular weight is 451 g/mol. The van der Waals surface area contributed by atoms with Gasteiger partial charge in [-0.2, -0.15) is 4.31 Å². The number of piperidine rings is 1. The minimum atomic E-state index is -3.56. The van der Waals surface area contributed by atoms with E-state index in [4.69, 9.17) is 0 Å². The van der Waals surface area contributed by atoms with Gasteiger partial charge in [0, 0.05) is 28.8 Å². The summed E-state index contributed by atoms with van der Waals surface area (Å²) in [4.78, 5) is 12.7. The van der Waals surface area contributed by atoms with Gasteiger partial charge in [-0.25, -0.2) is 8.42 Å². The molecule has 1 N–H and O–H groups in total. The zero-order chi connectivity index (χ0) is 19.4.